The van der Waals surface area contributed by atoms with Crippen LogP contribution in [0.1, 0.15) is 30.8 Å². The molecule has 0 aliphatic heterocycles. The quantitative estimate of drug-likeness (QED) is 0.885. The Balaban J connectivity index is 2.41. The Morgan fingerprint density at radius 2 is 2.31 bits per heavy atom. The number of nitrogens with zero attached hydrogens (tertiary/aromatic N) is 1. The average Bonchev–Trinajstić information content (AvgIpc) is 2.73. The van der Waals surface area contributed by atoms with Gasteiger partial charge < -0.3 is 9.67 Å². The molecule has 1 N–H and O–H groups in total. The van der Waals surface area contributed by atoms with E-state index in [4.69, 9.17) is 5.11 Å². The van der Waals surface area contributed by atoms with E-state index < -0.39 is 5.97 Å². The van der Waals surface area contributed by atoms with Gasteiger partial charge in [-0.2, -0.15) is 0 Å². The van der Waals surface area contributed by atoms with E-state index in [0.29, 0.717) is 11.6 Å². The average molecular weight is 237 g/mol. The molecule has 0 aromatic carbocycles. The molecule has 2 aromatic rings. The molecule has 0 aliphatic carbocycles. The number of thiophene rings is 1. The van der Waals surface area contributed by atoms with Crippen LogP contribution in [0.25, 0.3) is 10.2 Å². The van der Waals surface area contributed by atoms with Crippen molar-refractivity contribution in [1.29, 1.82) is 0 Å². The first kappa shape index (κ1) is 11.2. The number of aryl methyl sites for hydroxylation is 1. The van der Waals surface area contributed by atoms with Crippen molar-refractivity contribution in [3.8, 4) is 0 Å². The van der Waals surface area contributed by atoms with Gasteiger partial charge in [0.2, 0.25) is 0 Å². The summed E-state index contributed by atoms with van der Waals surface area (Å²) in [7, 11) is 0. The van der Waals surface area contributed by atoms with Crippen LogP contribution in [0, 0.1) is 5.92 Å². The Kier molecular flexibility index (Phi) is 3.01. The van der Waals surface area contributed by atoms with Gasteiger partial charge in [0.25, 0.3) is 0 Å². The number of carbonyl (C=O) groups is 1. The van der Waals surface area contributed by atoms with Crippen LogP contribution in [0.5, 0.6) is 0 Å². The Morgan fingerprint density at radius 1 is 1.56 bits per heavy atom. The van der Waals surface area contributed by atoms with Gasteiger partial charge in [0.15, 0.2) is 0 Å². The number of carboxylic acid groups (broad SMARTS) is 1. The molecule has 0 aliphatic rings. The number of hydrogen-bond acceptors (Lipinski definition) is 2. The Labute approximate surface area is 98.3 Å². The number of aromatic carboxylic acids is 1. The molecule has 86 valence electrons. The van der Waals surface area contributed by atoms with Gasteiger partial charge in [-0.1, -0.05) is 13.8 Å². The van der Waals surface area contributed by atoms with E-state index >= 15 is 0 Å². The fourth-order valence-corrected chi connectivity index (χ4v) is 2.68. The van der Waals surface area contributed by atoms with Crippen molar-refractivity contribution in [3.05, 3.63) is 23.2 Å². The van der Waals surface area contributed by atoms with Crippen molar-refractivity contribution in [2.75, 3.05) is 0 Å². The van der Waals surface area contributed by atoms with Crippen molar-refractivity contribution in [2.45, 2.75) is 26.8 Å². The molecule has 2 rings (SSSR count). The lowest BCUT2D eigenvalue weighted by atomic mass is 10.1. The van der Waals surface area contributed by atoms with Gasteiger partial charge in [-0.25, -0.2) is 4.79 Å². The zero-order valence-corrected chi connectivity index (χ0v) is 10.3. The van der Waals surface area contributed by atoms with E-state index in [-0.39, 0.29) is 0 Å². The Bertz CT molecular complexity index is 510. The van der Waals surface area contributed by atoms with E-state index in [2.05, 4.69) is 13.8 Å². The topological polar surface area (TPSA) is 42.2 Å². The lowest BCUT2D eigenvalue weighted by Gasteiger charge is -2.09. The van der Waals surface area contributed by atoms with Gasteiger partial charge in [0.05, 0.1) is 0 Å². The number of fused-ring (bicyclic) bond motifs is 1. The summed E-state index contributed by atoms with van der Waals surface area (Å²) in [6.07, 6.45) is 1.00. The molecule has 2 heterocycles. The lowest BCUT2D eigenvalue weighted by molar-refractivity contribution is 0.0685. The van der Waals surface area contributed by atoms with E-state index in [1.54, 1.807) is 17.4 Å². The second-order valence-electron chi connectivity index (χ2n) is 4.35. The van der Waals surface area contributed by atoms with E-state index in [9.17, 15) is 4.79 Å². The predicted molar refractivity (Wildman–Crippen MR) is 66.2 cm³/mol. The minimum Gasteiger partial charge on any atom is -0.477 e. The van der Waals surface area contributed by atoms with E-state index in [1.807, 2.05) is 16.0 Å². The van der Waals surface area contributed by atoms with Gasteiger partial charge in [0.1, 0.15) is 10.5 Å². The van der Waals surface area contributed by atoms with Crippen LogP contribution in [-0.4, -0.2) is 15.6 Å². The lowest BCUT2D eigenvalue weighted by Crippen LogP contribution is -2.09. The summed E-state index contributed by atoms with van der Waals surface area (Å²) < 4.78 is 1.92. The maximum Gasteiger partial charge on any atom is 0.352 e. The Morgan fingerprint density at radius 3 is 2.94 bits per heavy atom. The third-order valence-corrected chi connectivity index (χ3v) is 3.60. The molecule has 0 saturated heterocycles. The molecule has 0 unspecified atom stereocenters. The molecule has 2 aromatic heterocycles. The fourth-order valence-electron chi connectivity index (χ4n) is 1.76. The maximum atomic E-state index is 11.1. The molecule has 0 saturated carbocycles. The number of carboxylic acids is 1. The molecule has 16 heavy (non-hydrogen) atoms. The molecular weight excluding hydrogens is 222 g/mol. The summed E-state index contributed by atoms with van der Waals surface area (Å²) in [4.78, 5) is 12.2. The first-order valence-electron chi connectivity index (χ1n) is 5.39. The smallest absolute Gasteiger partial charge is 0.352 e. The minimum atomic E-state index is -0.841. The Hall–Kier alpha value is -1.29. The normalized spacial score (nSPS) is 11.4. The molecule has 0 bridgehead atoms. The summed E-state index contributed by atoms with van der Waals surface area (Å²) in [6, 6.07) is 3.73. The van der Waals surface area contributed by atoms with Crippen molar-refractivity contribution in [2.24, 2.45) is 5.92 Å². The van der Waals surface area contributed by atoms with Gasteiger partial charge in [-0.05, 0) is 29.9 Å². The second-order valence-corrected chi connectivity index (χ2v) is 5.24. The third kappa shape index (κ3) is 1.97. The van der Waals surface area contributed by atoms with Gasteiger partial charge in [-0.3, -0.25) is 0 Å². The molecule has 0 radical (unpaired) electrons. The molecule has 3 nitrogen and oxygen atoms in total. The largest absolute Gasteiger partial charge is 0.477 e. The van der Waals surface area contributed by atoms with Crippen molar-refractivity contribution in [1.82, 2.24) is 4.57 Å². The second kappa shape index (κ2) is 4.29. The standard InChI is InChI=1S/C12H15NO2S/c1-8(2)3-5-13-10(12(14)15)7-9-4-6-16-11(9)13/h4,6-8H,3,5H2,1-2H3,(H,14,15). The van der Waals surface area contributed by atoms with Gasteiger partial charge in [-0.15, -0.1) is 11.3 Å². The maximum absolute atomic E-state index is 11.1. The summed E-state index contributed by atoms with van der Waals surface area (Å²) in [6.45, 7) is 5.08. The predicted octanol–water partition coefficient (Wildman–Crippen LogP) is 3.45. The van der Waals surface area contributed by atoms with Crippen LogP contribution in [0.2, 0.25) is 0 Å². The third-order valence-electron chi connectivity index (χ3n) is 2.65. The zero-order valence-electron chi connectivity index (χ0n) is 9.43. The molecule has 4 heteroatoms. The molecule has 0 spiro atoms. The monoisotopic (exact) mass is 237 g/mol. The molecule has 0 amide bonds. The summed E-state index contributed by atoms with van der Waals surface area (Å²) >= 11 is 1.60. The highest BCUT2D eigenvalue weighted by molar-refractivity contribution is 7.16. The van der Waals surface area contributed by atoms with Crippen LogP contribution in [0.4, 0.5) is 0 Å². The van der Waals surface area contributed by atoms with Crippen LogP contribution in [0.15, 0.2) is 17.5 Å². The summed E-state index contributed by atoms with van der Waals surface area (Å²) in [5.41, 5.74) is 0.405. The number of hydrogen-bond donors (Lipinski definition) is 1. The molecule has 0 atom stereocenters. The SMILES string of the molecule is CC(C)CCn1c(C(=O)O)cc2ccsc21. The van der Waals surface area contributed by atoms with Crippen molar-refractivity contribution < 1.29 is 9.90 Å². The first-order valence-corrected chi connectivity index (χ1v) is 6.27. The molecule has 0 fully saturated rings. The highest BCUT2D eigenvalue weighted by Crippen LogP contribution is 2.26. The fraction of sp³-hybridized carbons (Fsp3) is 0.417. The van der Waals surface area contributed by atoms with Crippen LogP contribution < -0.4 is 0 Å². The number of rotatable bonds is 4. The van der Waals surface area contributed by atoms with Crippen LogP contribution in [-0.2, 0) is 6.54 Å². The van der Waals surface area contributed by atoms with E-state index in [1.165, 1.54) is 0 Å². The first-order chi connectivity index (χ1) is 7.59. The zero-order chi connectivity index (χ0) is 11.7. The van der Waals surface area contributed by atoms with Gasteiger partial charge in [0, 0.05) is 11.9 Å². The van der Waals surface area contributed by atoms with Gasteiger partial charge >= 0.3 is 5.97 Å². The summed E-state index contributed by atoms with van der Waals surface area (Å²) in [5.74, 6) is -0.258. The van der Waals surface area contributed by atoms with Crippen LogP contribution in [0.3, 0.4) is 0 Å². The van der Waals surface area contributed by atoms with Crippen LogP contribution >= 0.6 is 11.3 Å². The minimum absolute atomic E-state index is 0.405. The molecular formula is C12H15NO2S. The highest BCUT2D eigenvalue weighted by atomic mass is 32.1. The number of aromatic nitrogens is 1. The summed E-state index contributed by atoms with van der Waals surface area (Å²) in [5, 5.41) is 12.2. The van der Waals surface area contributed by atoms with Crippen molar-refractivity contribution >= 4 is 27.5 Å². The highest BCUT2D eigenvalue weighted by Gasteiger charge is 2.15. The van der Waals surface area contributed by atoms with Crippen molar-refractivity contribution in [3.63, 3.8) is 0 Å². The van der Waals surface area contributed by atoms with E-state index in [0.717, 1.165) is 23.2 Å².